The summed E-state index contributed by atoms with van der Waals surface area (Å²) in [5, 5.41) is 1.42. The molecular weight excluding hydrogens is 478 g/mol. The number of fused-ring (bicyclic) bond motifs is 1. The number of morpholine rings is 1. The van der Waals surface area contributed by atoms with E-state index in [1.54, 1.807) is 0 Å². The number of aryl methyl sites for hydroxylation is 1. The quantitative estimate of drug-likeness (QED) is 0.317. The van der Waals surface area contributed by atoms with Crippen molar-refractivity contribution in [3.8, 4) is 11.1 Å². The summed E-state index contributed by atoms with van der Waals surface area (Å²) in [5.74, 6) is 0.0496. The molecular formula is C28H28ClN3O2S. The third-order valence-electron chi connectivity index (χ3n) is 6.33. The van der Waals surface area contributed by atoms with Crippen molar-refractivity contribution in [1.29, 1.82) is 0 Å². The summed E-state index contributed by atoms with van der Waals surface area (Å²) < 4.78 is 6.48. The van der Waals surface area contributed by atoms with Crippen LogP contribution in [0.1, 0.15) is 11.1 Å². The highest BCUT2D eigenvalue weighted by molar-refractivity contribution is 7.22. The van der Waals surface area contributed by atoms with Crippen molar-refractivity contribution in [2.24, 2.45) is 0 Å². The van der Waals surface area contributed by atoms with E-state index in [9.17, 15) is 4.79 Å². The standard InChI is InChI=1S/C28H28ClN3O2S/c1-20-17-24(29)19-25-27(20)30-28(35-25)32(12-11-31-13-15-34-16-14-31)26(33)18-21-7-9-23(10-8-21)22-5-3-2-4-6-22/h2-10,17,19H,11-16,18H2,1H3. The number of carbonyl (C=O) groups excluding carboxylic acids is 1. The predicted molar refractivity (Wildman–Crippen MR) is 145 cm³/mol. The second-order valence-electron chi connectivity index (χ2n) is 8.80. The summed E-state index contributed by atoms with van der Waals surface area (Å²) >= 11 is 7.81. The highest BCUT2D eigenvalue weighted by Gasteiger charge is 2.22. The summed E-state index contributed by atoms with van der Waals surface area (Å²) in [6.45, 7) is 6.63. The molecule has 0 saturated carbocycles. The molecule has 1 aliphatic heterocycles. The lowest BCUT2D eigenvalue weighted by Gasteiger charge is -2.29. The number of hydrogen-bond acceptors (Lipinski definition) is 5. The molecule has 5 rings (SSSR count). The maximum Gasteiger partial charge on any atom is 0.233 e. The molecule has 1 fully saturated rings. The van der Waals surface area contributed by atoms with Crippen LogP contribution in [0, 0.1) is 6.92 Å². The van der Waals surface area contributed by atoms with Gasteiger partial charge in [-0.05, 0) is 41.3 Å². The Morgan fingerprint density at radius 3 is 2.51 bits per heavy atom. The van der Waals surface area contributed by atoms with E-state index in [1.165, 1.54) is 16.9 Å². The molecule has 0 aliphatic carbocycles. The van der Waals surface area contributed by atoms with E-state index in [-0.39, 0.29) is 5.91 Å². The number of benzene rings is 3. The summed E-state index contributed by atoms with van der Waals surface area (Å²) in [4.78, 5) is 22.6. The molecule has 1 saturated heterocycles. The molecule has 0 radical (unpaired) electrons. The molecule has 180 valence electrons. The van der Waals surface area contributed by atoms with Crippen LogP contribution in [0.3, 0.4) is 0 Å². The van der Waals surface area contributed by atoms with E-state index in [2.05, 4.69) is 29.2 Å². The van der Waals surface area contributed by atoms with E-state index in [0.29, 0.717) is 18.0 Å². The zero-order valence-corrected chi connectivity index (χ0v) is 21.3. The van der Waals surface area contributed by atoms with Crippen LogP contribution < -0.4 is 4.90 Å². The minimum absolute atomic E-state index is 0.0496. The molecule has 0 bridgehead atoms. The monoisotopic (exact) mass is 505 g/mol. The van der Waals surface area contributed by atoms with Crippen molar-refractivity contribution in [1.82, 2.24) is 9.88 Å². The van der Waals surface area contributed by atoms with Gasteiger partial charge >= 0.3 is 0 Å². The van der Waals surface area contributed by atoms with Gasteiger partial charge in [0.2, 0.25) is 5.91 Å². The van der Waals surface area contributed by atoms with Crippen LogP contribution in [0.15, 0.2) is 66.7 Å². The molecule has 0 spiro atoms. The van der Waals surface area contributed by atoms with Crippen LogP contribution in [0.5, 0.6) is 0 Å². The maximum absolute atomic E-state index is 13.6. The summed E-state index contributed by atoms with van der Waals surface area (Å²) in [6, 6.07) is 22.4. The van der Waals surface area contributed by atoms with Gasteiger partial charge in [-0.3, -0.25) is 14.6 Å². The Labute approximate surface area is 214 Å². The van der Waals surface area contributed by atoms with Crippen molar-refractivity contribution in [2.75, 3.05) is 44.3 Å². The van der Waals surface area contributed by atoms with Gasteiger partial charge < -0.3 is 4.74 Å². The molecule has 0 unspecified atom stereocenters. The molecule has 0 atom stereocenters. The maximum atomic E-state index is 13.6. The minimum Gasteiger partial charge on any atom is -0.379 e. The van der Waals surface area contributed by atoms with Gasteiger partial charge in [-0.25, -0.2) is 4.98 Å². The molecule has 3 aromatic carbocycles. The fraction of sp³-hybridized carbons (Fsp3) is 0.286. The van der Waals surface area contributed by atoms with E-state index in [0.717, 1.165) is 64.9 Å². The van der Waals surface area contributed by atoms with Crippen LogP contribution in [0.25, 0.3) is 21.3 Å². The Morgan fingerprint density at radius 2 is 1.77 bits per heavy atom. The number of hydrogen-bond donors (Lipinski definition) is 0. The Kier molecular flexibility index (Phi) is 7.44. The molecule has 5 nitrogen and oxygen atoms in total. The Morgan fingerprint density at radius 1 is 1.06 bits per heavy atom. The Balaban J connectivity index is 1.37. The van der Waals surface area contributed by atoms with Crippen molar-refractivity contribution in [3.05, 3.63) is 82.9 Å². The Bertz CT molecular complexity index is 1300. The number of amides is 1. The normalized spacial score (nSPS) is 14.3. The van der Waals surface area contributed by atoms with Gasteiger partial charge in [0.05, 0.1) is 29.9 Å². The topological polar surface area (TPSA) is 45.7 Å². The highest BCUT2D eigenvalue weighted by atomic mass is 35.5. The number of carbonyl (C=O) groups is 1. The van der Waals surface area contributed by atoms with Crippen LogP contribution in [0.2, 0.25) is 5.02 Å². The molecule has 4 aromatic rings. The van der Waals surface area contributed by atoms with Crippen LogP contribution in [0.4, 0.5) is 5.13 Å². The summed E-state index contributed by atoms with van der Waals surface area (Å²) in [7, 11) is 0. The van der Waals surface area contributed by atoms with E-state index >= 15 is 0 Å². The first-order valence-electron chi connectivity index (χ1n) is 11.9. The first-order valence-corrected chi connectivity index (χ1v) is 13.1. The number of nitrogens with zero attached hydrogens (tertiary/aromatic N) is 3. The first kappa shape index (κ1) is 23.9. The van der Waals surface area contributed by atoms with Gasteiger partial charge in [0, 0.05) is 31.2 Å². The lowest BCUT2D eigenvalue weighted by atomic mass is 10.0. The fourth-order valence-corrected chi connectivity index (χ4v) is 5.83. The molecule has 0 N–H and O–H groups in total. The van der Waals surface area contributed by atoms with Gasteiger partial charge in [-0.2, -0.15) is 0 Å². The highest BCUT2D eigenvalue weighted by Crippen LogP contribution is 2.33. The number of ether oxygens (including phenoxy) is 1. The minimum atomic E-state index is 0.0496. The lowest BCUT2D eigenvalue weighted by Crippen LogP contribution is -2.43. The van der Waals surface area contributed by atoms with Crippen molar-refractivity contribution in [3.63, 3.8) is 0 Å². The molecule has 35 heavy (non-hydrogen) atoms. The van der Waals surface area contributed by atoms with Crippen LogP contribution >= 0.6 is 22.9 Å². The first-order chi connectivity index (χ1) is 17.1. The fourth-order valence-electron chi connectivity index (χ4n) is 4.37. The smallest absolute Gasteiger partial charge is 0.233 e. The van der Waals surface area contributed by atoms with E-state index in [4.69, 9.17) is 21.3 Å². The van der Waals surface area contributed by atoms with Crippen molar-refractivity contribution >= 4 is 44.2 Å². The van der Waals surface area contributed by atoms with Crippen molar-refractivity contribution < 1.29 is 9.53 Å². The lowest BCUT2D eigenvalue weighted by molar-refractivity contribution is -0.118. The van der Waals surface area contributed by atoms with Crippen LogP contribution in [-0.2, 0) is 16.0 Å². The van der Waals surface area contributed by atoms with Gasteiger partial charge in [0.15, 0.2) is 5.13 Å². The molecule has 1 amide bonds. The van der Waals surface area contributed by atoms with Crippen molar-refractivity contribution in [2.45, 2.75) is 13.3 Å². The van der Waals surface area contributed by atoms with Gasteiger partial charge in [0.25, 0.3) is 0 Å². The number of rotatable bonds is 7. The van der Waals surface area contributed by atoms with Crippen LogP contribution in [-0.4, -0.2) is 55.2 Å². The molecule has 7 heteroatoms. The predicted octanol–water partition coefficient (Wildman–Crippen LogP) is 5.83. The number of anilines is 1. The van der Waals surface area contributed by atoms with Gasteiger partial charge in [0.1, 0.15) is 0 Å². The average molecular weight is 506 g/mol. The molecule has 1 aliphatic rings. The van der Waals surface area contributed by atoms with E-state index < -0.39 is 0 Å². The average Bonchev–Trinajstić information content (AvgIpc) is 3.30. The summed E-state index contributed by atoms with van der Waals surface area (Å²) in [5.41, 5.74) is 5.23. The SMILES string of the molecule is Cc1cc(Cl)cc2sc(N(CCN3CCOCC3)C(=O)Cc3ccc(-c4ccccc4)cc3)nc12. The number of thiazole rings is 1. The Hall–Kier alpha value is -2.77. The van der Waals surface area contributed by atoms with E-state index in [1.807, 2.05) is 54.3 Å². The van der Waals surface area contributed by atoms with Gasteiger partial charge in [-0.15, -0.1) is 0 Å². The second-order valence-corrected chi connectivity index (χ2v) is 10.3. The number of aromatic nitrogens is 1. The number of halogens is 1. The second kappa shape index (κ2) is 10.9. The zero-order valence-electron chi connectivity index (χ0n) is 19.7. The van der Waals surface area contributed by atoms with Gasteiger partial charge in [-0.1, -0.05) is 77.5 Å². The third-order valence-corrected chi connectivity index (χ3v) is 7.57. The largest absolute Gasteiger partial charge is 0.379 e. The molecule has 2 heterocycles. The molecule has 1 aromatic heterocycles. The third kappa shape index (κ3) is 5.73. The zero-order chi connectivity index (χ0) is 24.2. The summed E-state index contributed by atoms with van der Waals surface area (Å²) in [6.07, 6.45) is 0.327.